The predicted molar refractivity (Wildman–Crippen MR) is 80.4 cm³/mol. The largest absolute Gasteiger partial charge is 0.495 e. The molecule has 0 aliphatic carbocycles. The molecule has 0 amide bonds. The van der Waals surface area contributed by atoms with Gasteiger partial charge in [-0.25, -0.2) is 4.98 Å². The molecule has 2 heterocycles. The minimum absolute atomic E-state index is 0.0364. The lowest BCUT2D eigenvalue weighted by atomic mass is 10.2. The molecule has 2 aromatic heterocycles. The molecule has 0 spiro atoms. The van der Waals surface area contributed by atoms with Crippen molar-refractivity contribution in [2.75, 3.05) is 12.8 Å². The van der Waals surface area contributed by atoms with E-state index in [2.05, 4.69) is 4.98 Å². The normalized spacial score (nSPS) is 10.8. The van der Waals surface area contributed by atoms with Gasteiger partial charge in [-0.2, -0.15) is 0 Å². The standard InChI is InChI=1S/C14H13N3O2S/c1-19-12-3-2-9(6-11(12)15)7-17-8-16-13-10(14(17)18)4-5-20-13/h2-6,8H,7,15H2,1H3. The van der Waals surface area contributed by atoms with E-state index in [0.717, 1.165) is 10.4 Å². The van der Waals surface area contributed by atoms with Gasteiger partial charge >= 0.3 is 0 Å². The zero-order valence-electron chi connectivity index (χ0n) is 10.9. The van der Waals surface area contributed by atoms with E-state index >= 15 is 0 Å². The van der Waals surface area contributed by atoms with E-state index in [1.165, 1.54) is 11.3 Å². The third kappa shape index (κ3) is 2.14. The maximum absolute atomic E-state index is 12.3. The molecule has 20 heavy (non-hydrogen) atoms. The number of fused-ring (bicyclic) bond motifs is 1. The summed E-state index contributed by atoms with van der Waals surface area (Å²) in [6, 6.07) is 7.29. The number of nitrogens with two attached hydrogens (primary N) is 1. The molecule has 0 unspecified atom stereocenters. The molecule has 5 nitrogen and oxygen atoms in total. The van der Waals surface area contributed by atoms with Crippen LogP contribution in [0.5, 0.6) is 5.75 Å². The van der Waals surface area contributed by atoms with Crippen LogP contribution >= 0.6 is 11.3 Å². The Hall–Kier alpha value is -2.34. The number of thiophene rings is 1. The van der Waals surface area contributed by atoms with Gasteiger partial charge in [0.1, 0.15) is 10.6 Å². The van der Waals surface area contributed by atoms with Crippen LogP contribution in [0.4, 0.5) is 5.69 Å². The Labute approximate surface area is 119 Å². The monoisotopic (exact) mass is 287 g/mol. The van der Waals surface area contributed by atoms with Crippen LogP contribution in [-0.4, -0.2) is 16.7 Å². The molecule has 6 heteroatoms. The highest BCUT2D eigenvalue weighted by Gasteiger charge is 2.07. The zero-order chi connectivity index (χ0) is 14.1. The van der Waals surface area contributed by atoms with E-state index in [1.807, 2.05) is 17.5 Å². The molecule has 3 rings (SSSR count). The number of hydrogen-bond donors (Lipinski definition) is 1. The number of aromatic nitrogens is 2. The average molecular weight is 287 g/mol. The highest BCUT2D eigenvalue weighted by atomic mass is 32.1. The Bertz CT molecular complexity index is 823. The predicted octanol–water partition coefficient (Wildman–Crippen LogP) is 2.10. The number of methoxy groups -OCH3 is 1. The van der Waals surface area contributed by atoms with Crippen molar-refractivity contribution in [3.05, 3.63) is 51.9 Å². The van der Waals surface area contributed by atoms with Crippen LogP contribution in [0.25, 0.3) is 10.2 Å². The second kappa shape index (κ2) is 4.97. The lowest BCUT2D eigenvalue weighted by Crippen LogP contribution is -2.20. The van der Waals surface area contributed by atoms with Crippen molar-refractivity contribution in [2.24, 2.45) is 0 Å². The molecule has 0 aliphatic rings. The molecule has 0 bridgehead atoms. The van der Waals surface area contributed by atoms with Crippen LogP contribution < -0.4 is 16.0 Å². The first-order valence-electron chi connectivity index (χ1n) is 6.04. The third-order valence-corrected chi connectivity index (χ3v) is 3.92. The van der Waals surface area contributed by atoms with Gasteiger partial charge in [0.2, 0.25) is 0 Å². The van der Waals surface area contributed by atoms with Crippen molar-refractivity contribution in [1.82, 2.24) is 9.55 Å². The smallest absolute Gasteiger partial charge is 0.262 e. The zero-order valence-corrected chi connectivity index (χ0v) is 11.7. The topological polar surface area (TPSA) is 70.1 Å². The third-order valence-electron chi connectivity index (χ3n) is 3.10. The molecule has 2 N–H and O–H groups in total. The van der Waals surface area contributed by atoms with E-state index < -0.39 is 0 Å². The Morgan fingerprint density at radius 3 is 3.00 bits per heavy atom. The van der Waals surface area contributed by atoms with Gasteiger partial charge in [0, 0.05) is 0 Å². The quantitative estimate of drug-likeness (QED) is 0.749. The van der Waals surface area contributed by atoms with Gasteiger partial charge in [-0.15, -0.1) is 11.3 Å². The molecular weight excluding hydrogens is 274 g/mol. The Morgan fingerprint density at radius 2 is 2.25 bits per heavy atom. The molecule has 3 aromatic rings. The molecule has 0 atom stereocenters. The minimum Gasteiger partial charge on any atom is -0.495 e. The van der Waals surface area contributed by atoms with Gasteiger partial charge in [0.15, 0.2) is 0 Å². The van der Waals surface area contributed by atoms with Gasteiger partial charge in [-0.05, 0) is 29.1 Å². The molecule has 0 fully saturated rings. The number of rotatable bonds is 3. The minimum atomic E-state index is -0.0364. The fourth-order valence-electron chi connectivity index (χ4n) is 2.08. The second-order valence-electron chi connectivity index (χ2n) is 4.39. The van der Waals surface area contributed by atoms with Gasteiger partial charge in [0.25, 0.3) is 5.56 Å². The summed E-state index contributed by atoms with van der Waals surface area (Å²) in [5, 5.41) is 2.52. The Kier molecular flexibility index (Phi) is 3.15. The van der Waals surface area contributed by atoms with Crippen LogP contribution in [0, 0.1) is 0 Å². The first kappa shape index (κ1) is 12.7. The second-order valence-corrected chi connectivity index (χ2v) is 5.29. The molecular formula is C14H13N3O2S. The average Bonchev–Trinajstić information content (AvgIpc) is 2.91. The van der Waals surface area contributed by atoms with E-state index in [1.54, 1.807) is 30.1 Å². The van der Waals surface area contributed by atoms with Crippen molar-refractivity contribution < 1.29 is 4.74 Å². The highest BCUT2D eigenvalue weighted by molar-refractivity contribution is 7.16. The lowest BCUT2D eigenvalue weighted by molar-refractivity contribution is 0.417. The fourth-order valence-corrected chi connectivity index (χ4v) is 2.81. The molecule has 0 saturated carbocycles. The molecule has 102 valence electrons. The van der Waals surface area contributed by atoms with Crippen LogP contribution in [0.3, 0.4) is 0 Å². The Morgan fingerprint density at radius 1 is 1.40 bits per heavy atom. The summed E-state index contributed by atoms with van der Waals surface area (Å²) in [5.74, 6) is 0.632. The van der Waals surface area contributed by atoms with E-state index in [4.69, 9.17) is 10.5 Å². The van der Waals surface area contributed by atoms with Gasteiger partial charge in [-0.3, -0.25) is 9.36 Å². The number of benzene rings is 1. The van der Waals surface area contributed by atoms with Crippen LogP contribution in [0.2, 0.25) is 0 Å². The molecule has 0 radical (unpaired) electrons. The van der Waals surface area contributed by atoms with Crippen molar-refractivity contribution in [3.8, 4) is 5.75 Å². The number of ether oxygens (including phenoxy) is 1. The number of anilines is 1. The fraction of sp³-hybridized carbons (Fsp3) is 0.143. The summed E-state index contributed by atoms with van der Waals surface area (Å²) < 4.78 is 6.70. The summed E-state index contributed by atoms with van der Waals surface area (Å²) in [7, 11) is 1.57. The summed E-state index contributed by atoms with van der Waals surface area (Å²) in [5.41, 5.74) is 7.33. The van der Waals surface area contributed by atoms with E-state index in [-0.39, 0.29) is 5.56 Å². The van der Waals surface area contributed by atoms with Crippen molar-refractivity contribution in [2.45, 2.75) is 6.54 Å². The van der Waals surface area contributed by atoms with Gasteiger partial charge in [0.05, 0.1) is 31.1 Å². The van der Waals surface area contributed by atoms with E-state index in [9.17, 15) is 4.79 Å². The maximum Gasteiger partial charge on any atom is 0.262 e. The number of nitrogen functional groups attached to an aromatic ring is 1. The summed E-state index contributed by atoms with van der Waals surface area (Å²) in [6.45, 7) is 0.436. The van der Waals surface area contributed by atoms with Crippen LogP contribution in [0.15, 0.2) is 40.8 Å². The van der Waals surface area contributed by atoms with Crippen LogP contribution in [0.1, 0.15) is 5.56 Å². The molecule has 1 aromatic carbocycles. The first-order chi connectivity index (χ1) is 9.69. The van der Waals surface area contributed by atoms with Crippen molar-refractivity contribution in [3.63, 3.8) is 0 Å². The van der Waals surface area contributed by atoms with Gasteiger partial charge in [-0.1, -0.05) is 6.07 Å². The number of hydrogen-bond acceptors (Lipinski definition) is 5. The summed E-state index contributed by atoms with van der Waals surface area (Å²) in [6.07, 6.45) is 1.57. The Balaban J connectivity index is 1.98. The SMILES string of the molecule is COc1ccc(Cn2cnc3sccc3c2=O)cc1N. The number of nitrogens with zero attached hydrogens (tertiary/aromatic N) is 2. The van der Waals surface area contributed by atoms with E-state index in [0.29, 0.717) is 23.4 Å². The van der Waals surface area contributed by atoms with Crippen LogP contribution in [-0.2, 0) is 6.54 Å². The highest BCUT2D eigenvalue weighted by Crippen LogP contribution is 2.22. The summed E-state index contributed by atoms with van der Waals surface area (Å²) in [4.78, 5) is 17.3. The molecule has 0 aliphatic heterocycles. The van der Waals surface area contributed by atoms with Crippen molar-refractivity contribution in [1.29, 1.82) is 0 Å². The van der Waals surface area contributed by atoms with Gasteiger partial charge < -0.3 is 10.5 Å². The maximum atomic E-state index is 12.3. The molecule has 0 saturated heterocycles. The lowest BCUT2D eigenvalue weighted by Gasteiger charge is -2.08. The summed E-state index contributed by atoms with van der Waals surface area (Å²) >= 11 is 1.46. The first-order valence-corrected chi connectivity index (χ1v) is 6.92. The van der Waals surface area contributed by atoms with Crippen molar-refractivity contribution >= 4 is 27.2 Å².